The van der Waals surface area contributed by atoms with E-state index in [1.807, 2.05) is 0 Å². The number of aromatic hydroxyl groups is 1. The summed E-state index contributed by atoms with van der Waals surface area (Å²) in [5.41, 5.74) is -1.29. The van der Waals surface area contributed by atoms with Gasteiger partial charge in [-0.1, -0.05) is 12.1 Å². The fourth-order valence-electron chi connectivity index (χ4n) is 1.15. The molecule has 0 aliphatic heterocycles. The quantitative estimate of drug-likeness (QED) is 0.781. The Morgan fingerprint density at radius 2 is 2.13 bits per heavy atom. The van der Waals surface area contributed by atoms with Gasteiger partial charge in [0.05, 0.1) is 4.47 Å². The molecule has 0 bridgehead atoms. The zero-order valence-electron chi connectivity index (χ0n) is 8.07. The van der Waals surface area contributed by atoms with Gasteiger partial charge in [-0.3, -0.25) is 0 Å². The first-order valence-electron chi connectivity index (χ1n) is 4.27. The predicted molar refractivity (Wildman–Crippen MR) is 57.8 cm³/mol. The summed E-state index contributed by atoms with van der Waals surface area (Å²) in [4.78, 5) is 10.7. The molecular weight excluding hydrogens is 264 g/mol. The average Bonchev–Trinajstić information content (AvgIpc) is 2.12. The first-order valence-corrected chi connectivity index (χ1v) is 5.06. The van der Waals surface area contributed by atoms with Gasteiger partial charge in [-0.05, 0) is 34.5 Å². The molecule has 1 rings (SSSR count). The zero-order chi connectivity index (χ0) is 11.6. The van der Waals surface area contributed by atoms with E-state index in [2.05, 4.69) is 15.9 Å². The number of phenols is 1. The van der Waals surface area contributed by atoms with Gasteiger partial charge in [0.2, 0.25) is 0 Å². The minimum Gasteiger partial charge on any atom is -0.507 e. The number of carboxylic acid groups (broad SMARTS) is 1. The summed E-state index contributed by atoms with van der Waals surface area (Å²) >= 11 is 3.13. The molecule has 0 radical (unpaired) electrons. The third kappa shape index (κ3) is 2.70. The van der Waals surface area contributed by atoms with Gasteiger partial charge in [0.15, 0.2) is 5.60 Å². The van der Waals surface area contributed by atoms with E-state index in [0.29, 0.717) is 10.0 Å². The first kappa shape index (κ1) is 12.0. The number of rotatable bonds is 3. The molecule has 1 aromatic carbocycles. The van der Waals surface area contributed by atoms with Gasteiger partial charge in [0.1, 0.15) is 5.75 Å². The van der Waals surface area contributed by atoms with Crippen LogP contribution in [0.4, 0.5) is 0 Å². The van der Waals surface area contributed by atoms with Gasteiger partial charge in [-0.15, -0.1) is 0 Å². The van der Waals surface area contributed by atoms with Crippen LogP contribution < -0.4 is 0 Å². The molecule has 1 atom stereocenters. The van der Waals surface area contributed by atoms with Crippen molar-refractivity contribution in [2.24, 2.45) is 0 Å². The molecule has 0 saturated carbocycles. The molecule has 0 aliphatic carbocycles. The number of carboxylic acids is 1. The standard InChI is InChI=1S/C10H11BrO4/c1-10(15,9(13)14)5-6-3-2-4-7(12)8(6)11/h2-4,12,15H,5H2,1H3,(H,13,14). The molecule has 1 aromatic rings. The second-order valence-corrected chi connectivity index (χ2v) is 4.30. The summed E-state index contributed by atoms with van der Waals surface area (Å²) in [6.45, 7) is 1.21. The van der Waals surface area contributed by atoms with Gasteiger partial charge in [0.25, 0.3) is 0 Å². The molecule has 1 unspecified atom stereocenters. The number of benzene rings is 1. The molecule has 0 aromatic heterocycles. The highest BCUT2D eigenvalue weighted by Crippen LogP contribution is 2.29. The normalized spacial score (nSPS) is 14.6. The van der Waals surface area contributed by atoms with Gasteiger partial charge >= 0.3 is 5.97 Å². The van der Waals surface area contributed by atoms with Crippen molar-refractivity contribution in [3.8, 4) is 5.75 Å². The zero-order valence-corrected chi connectivity index (χ0v) is 9.65. The van der Waals surface area contributed by atoms with E-state index in [1.165, 1.54) is 13.0 Å². The molecule has 15 heavy (non-hydrogen) atoms. The lowest BCUT2D eigenvalue weighted by molar-refractivity contribution is -0.156. The maximum atomic E-state index is 10.7. The number of carbonyl (C=O) groups is 1. The summed E-state index contributed by atoms with van der Waals surface area (Å²) in [6.07, 6.45) is -0.0721. The van der Waals surface area contributed by atoms with Gasteiger partial charge in [0, 0.05) is 6.42 Å². The fraction of sp³-hybridized carbons (Fsp3) is 0.300. The number of hydrogen-bond acceptors (Lipinski definition) is 3. The Kier molecular flexibility index (Phi) is 3.36. The molecule has 0 amide bonds. The molecule has 0 heterocycles. The second kappa shape index (κ2) is 4.20. The lowest BCUT2D eigenvalue weighted by Crippen LogP contribution is -2.37. The summed E-state index contributed by atoms with van der Waals surface area (Å²) in [5, 5.41) is 27.7. The highest BCUT2D eigenvalue weighted by Gasteiger charge is 2.30. The lowest BCUT2D eigenvalue weighted by atomic mass is 9.97. The number of halogens is 1. The van der Waals surface area contributed by atoms with E-state index >= 15 is 0 Å². The molecule has 4 nitrogen and oxygen atoms in total. The van der Waals surface area contributed by atoms with E-state index in [-0.39, 0.29) is 12.2 Å². The summed E-state index contributed by atoms with van der Waals surface area (Å²) < 4.78 is 0.409. The summed E-state index contributed by atoms with van der Waals surface area (Å²) in [5.74, 6) is -1.27. The monoisotopic (exact) mass is 274 g/mol. The van der Waals surface area contributed by atoms with Crippen molar-refractivity contribution in [2.45, 2.75) is 18.9 Å². The van der Waals surface area contributed by atoms with E-state index in [9.17, 15) is 15.0 Å². The van der Waals surface area contributed by atoms with Crippen LogP contribution in [0.5, 0.6) is 5.75 Å². The van der Waals surface area contributed by atoms with Crippen LogP contribution in [0.3, 0.4) is 0 Å². The number of phenolic OH excluding ortho intramolecular Hbond substituents is 1. The van der Waals surface area contributed by atoms with Crippen LogP contribution in [0.25, 0.3) is 0 Å². The van der Waals surface area contributed by atoms with Crippen molar-refractivity contribution in [1.82, 2.24) is 0 Å². The van der Waals surface area contributed by atoms with Gasteiger partial charge in [-0.25, -0.2) is 4.79 Å². The van der Waals surface area contributed by atoms with Crippen molar-refractivity contribution < 1.29 is 20.1 Å². The Hall–Kier alpha value is -1.07. The van der Waals surface area contributed by atoms with Crippen molar-refractivity contribution in [2.75, 3.05) is 0 Å². The smallest absolute Gasteiger partial charge is 0.335 e. The van der Waals surface area contributed by atoms with E-state index in [0.717, 1.165) is 0 Å². The molecule has 0 aliphatic rings. The Balaban J connectivity index is 3.00. The van der Waals surface area contributed by atoms with Crippen molar-refractivity contribution >= 4 is 21.9 Å². The second-order valence-electron chi connectivity index (χ2n) is 3.51. The third-order valence-corrected chi connectivity index (χ3v) is 2.97. The Morgan fingerprint density at radius 1 is 1.53 bits per heavy atom. The van der Waals surface area contributed by atoms with Crippen LogP contribution in [0.2, 0.25) is 0 Å². The topological polar surface area (TPSA) is 77.8 Å². The number of hydrogen-bond donors (Lipinski definition) is 3. The molecule has 0 fully saturated rings. The third-order valence-electron chi connectivity index (χ3n) is 2.05. The minimum absolute atomic E-state index is 0.0219. The number of aliphatic carboxylic acids is 1. The fourth-order valence-corrected chi connectivity index (χ4v) is 1.55. The van der Waals surface area contributed by atoms with E-state index in [1.54, 1.807) is 12.1 Å². The van der Waals surface area contributed by atoms with Crippen molar-refractivity contribution in [3.05, 3.63) is 28.2 Å². The molecule has 0 spiro atoms. The summed E-state index contributed by atoms with van der Waals surface area (Å²) in [6, 6.07) is 4.71. The lowest BCUT2D eigenvalue weighted by Gasteiger charge is -2.18. The predicted octanol–water partition coefficient (Wildman–Crippen LogP) is 1.53. The van der Waals surface area contributed by atoms with Crippen LogP contribution in [-0.2, 0) is 11.2 Å². The Morgan fingerprint density at radius 3 is 2.67 bits per heavy atom. The van der Waals surface area contributed by atoms with Gasteiger partial charge in [-0.2, -0.15) is 0 Å². The van der Waals surface area contributed by atoms with E-state index in [4.69, 9.17) is 5.11 Å². The van der Waals surface area contributed by atoms with Crippen molar-refractivity contribution in [1.29, 1.82) is 0 Å². The maximum Gasteiger partial charge on any atom is 0.335 e. The molecule has 5 heteroatoms. The first-order chi connectivity index (χ1) is 6.84. The highest BCUT2D eigenvalue weighted by molar-refractivity contribution is 9.10. The minimum atomic E-state index is -1.84. The van der Waals surface area contributed by atoms with Crippen LogP contribution >= 0.6 is 15.9 Å². The molecule has 82 valence electrons. The largest absolute Gasteiger partial charge is 0.507 e. The maximum absolute atomic E-state index is 10.7. The van der Waals surface area contributed by atoms with Crippen LogP contribution in [0.1, 0.15) is 12.5 Å². The van der Waals surface area contributed by atoms with Crippen LogP contribution in [-0.4, -0.2) is 26.9 Å². The molecule has 3 N–H and O–H groups in total. The number of aliphatic hydroxyl groups is 1. The van der Waals surface area contributed by atoms with Crippen molar-refractivity contribution in [3.63, 3.8) is 0 Å². The average molecular weight is 275 g/mol. The van der Waals surface area contributed by atoms with Crippen LogP contribution in [0.15, 0.2) is 22.7 Å². The Labute approximate surface area is 95.3 Å². The molecule has 0 saturated heterocycles. The Bertz CT molecular complexity index is 387. The van der Waals surface area contributed by atoms with E-state index < -0.39 is 11.6 Å². The SMILES string of the molecule is CC(O)(Cc1cccc(O)c1Br)C(=O)O. The van der Waals surface area contributed by atoms with Gasteiger partial charge < -0.3 is 15.3 Å². The summed E-state index contributed by atoms with van der Waals surface area (Å²) in [7, 11) is 0. The molecular formula is C10H11BrO4. The highest BCUT2D eigenvalue weighted by atomic mass is 79.9. The van der Waals surface area contributed by atoms with Crippen LogP contribution in [0, 0.1) is 0 Å².